The van der Waals surface area contributed by atoms with E-state index in [1.54, 1.807) is 12.5 Å². The Morgan fingerprint density at radius 2 is 1.97 bits per heavy atom. The average Bonchev–Trinajstić information content (AvgIpc) is 3.44. The fourth-order valence-electron chi connectivity index (χ4n) is 4.20. The van der Waals surface area contributed by atoms with Crippen LogP contribution in [0.25, 0.3) is 16.7 Å². The third-order valence-electron chi connectivity index (χ3n) is 5.74. The molecule has 2 unspecified atom stereocenters. The minimum atomic E-state index is -0.0163. The summed E-state index contributed by atoms with van der Waals surface area (Å²) in [5.74, 6) is 1.37. The van der Waals surface area contributed by atoms with Crippen molar-refractivity contribution in [2.24, 2.45) is 0 Å². The molecular formula is C23H23N5O. The van der Waals surface area contributed by atoms with Crippen molar-refractivity contribution in [1.82, 2.24) is 24.8 Å². The second-order valence-corrected chi connectivity index (χ2v) is 7.69. The third kappa shape index (κ3) is 3.66. The van der Waals surface area contributed by atoms with Crippen molar-refractivity contribution in [3.05, 3.63) is 78.6 Å². The van der Waals surface area contributed by atoms with Crippen molar-refractivity contribution >= 4 is 16.9 Å². The number of rotatable bonds is 4. The van der Waals surface area contributed by atoms with Crippen LogP contribution in [0.15, 0.2) is 67.3 Å². The van der Waals surface area contributed by atoms with Gasteiger partial charge in [-0.3, -0.25) is 4.79 Å². The van der Waals surface area contributed by atoms with Crippen molar-refractivity contribution in [2.75, 3.05) is 0 Å². The van der Waals surface area contributed by atoms with Gasteiger partial charge in [0.25, 0.3) is 5.91 Å². The number of nitrogens with one attached hydrogen (secondary N) is 2. The predicted molar refractivity (Wildman–Crippen MR) is 112 cm³/mol. The number of hydrogen-bond donors (Lipinski definition) is 2. The standard InChI is InChI=1S/C23H23N5O/c29-23(16-8-10-19(11-9-16)28-13-12-24-15-28)25-18-5-3-4-17(14-18)22-26-20-6-1-2-7-21(20)27-22/h1-2,6-13,15,17-18H,3-5,14H2,(H,25,29)(H,26,27). The SMILES string of the molecule is O=C(NC1CCCC(c2nc3ccccc3[nH]2)C1)c1ccc(-n2ccnc2)cc1. The number of aromatic nitrogens is 4. The number of para-hydroxylation sites is 2. The lowest BCUT2D eigenvalue weighted by Gasteiger charge is -2.28. The quantitative estimate of drug-likeness (QED) is 0.553. The van der Waals surface area contributed by atoms with Gasteiger partial charge >= 0.3 is 0 Å². The molecule has 1 amide bonds. The Balaban J connectivity index is 1.25. The van der Waals surface area contributed by atoms with Gasteiger partial charge in [-0.05, 0) is 55.7 Å². The van der Waals surface area contributed by atoms with E-state index in [4.69, 9.17) is 4.98 Å². The molecule has 0 saturated heterocycles. The van der Waals surface area contributed by atoms with Crippen molar-refractivity contribution in [1.29, 1.82) is 0 Å². The molecule has 1 saturated carbocycles. The molecule has 4 aromatic rings. The molecule has 0 bridgehead atoms. The second kappa shape index (κ2) is 7.54. The molecule has 2 aromatic carbocycles. The van der Waals surface area contributed by atoms with Gasteiger partial charge in [-0.15, -0.1) is 0 Å². The van der Waals surface area contributed by atoms with Gasteiger partial charge in [-0.25, -0.2) is 9.97 Å². The Labute approximate surface area is 169 Å². The molecule has 1 aliphatic rings. The van der Waals surface area contributed by atoms with Crippen LogP contribution in [0.3, 0.4) is 0 Å². The first-order valence-electron chi connectivity index (χ1n) is 10.1. The molecular weight excluding hydrogens is 362 g/mol. The van der Waals surface area contributed by atoms with Crippen LogP contribution in [0, 0.1) is 0 Å². The fraction of sp³-hybridized carbons (Fsp3) is 0.261. The summed E-state index contributed by atoms with van der Waals surface area (Å²) in [6, 6.07) is 15.9. The zero-order valence-corrected chi connectivity index (χ0v) is 16.1. The number of imidazole rings is 2. The van der Waals surface area contributed by atoms with Gasteiger partial charge < -0.3 is 14.9 Å². The van der Waals surface area contributed by atoms with E-state index >= 15 is 0 Å². The summed E-state index contributed by atoms with van der Waals surface area (Å²) >= 11 is 0. The summed E-state index contributed by atoms with van der Waals surface area (Å²) in [6.07, 6.45) is 9.49. The normalized spacial score (nSPS) is 19.3. The fourth-order valence-corrected chi connectivity index (χ4v) is 4.20. The molecule has 6 nitrogen and oxygen atoms in total. The average molecular weight is 385 g/mol. The van der Waals surface area contributed by atoms with E-state index in [1.165, 1.54) is 0 Å². The smallest absolute Gasteiger partial charge is 0.251 e. The third-order valence-corrected chi connectivity index (χ3v) is 5.74. The van der Waals surface area contributed by atoms with E-state index in [9.17, 15) is 4.79 Å². The number of aromatic amines is 1. The Morgan fingerprint density at radius 3 is 2.76 bits per heavy atom. The zero-order valence-electron chi connectivity index (χ0n) is 16.1. The number of hydrogen-bond acceptors (Lipinski definition) is 3. The van der Waals surface area contributed by atoms with Crippen molar-refractivity contribution in [2.45, 2.75) is 37.6 Å². The number of H-pyrrole nitrogens is 1. The molecule has 2 atom stereocenters. The maximum Gasteiger partial charge on any atom is 0.251 e. The maximum atomic E-state index is 12.7. The van der Waals surface area contributed by atoms with Crippen molar-refractivity contribution in [3.63, 3.8) is 0 Å². The molecule has 146 valence electrons. The first kappa shape index (κ1) is 17.7. The largest absolute Gasteiger partial charge is 0.349 e. The number of benzene rings is 2. The number of amides is 1. The van der Waals surface area contributed by atoms with Gasteiger partial charge in [-0.2, -0.15) is 0 Å². The van der Waals surface area contributed by atoms with Gasteiger partial charge in [0.05, 0.1) is 17.4 Å². The van der Waals surface area contributed by atoms with Crippen LogP contribution in [0.2, 0.25) is 0 Å². The molecule has 29 heavy (non-hydrogen) atoms. The highest BCUT2D eigenvalue weighted by atomic mass is 16.1. The summed E-state index contributed by atoms with van der Waals surface area (Å²) in [4.78, 5) is 25.0. The minimum absolute atomic E-state index is 0.0163. The van der Waals surface area contributed by atoms with Gasteiger partial charge in [-0.1, -0.05) is 18.6 Å². The molecule has 1 fully saturated rings. The monoisotopic (exact) mass is 385 g/mol. The van der Waals surface area contributed by atoms with Gasteiger partial charge in [0.1, 0.15) is 5.82 Å². The van der Waals surface area contributed by atoms with E-state index in [0.29, 0.717) is 11.5 Å². The predicted octanol–water partition coefficient (Wildman–Crippen LogP) is 4.20. The Bertz CT molecular complexity index is 1080. The Kier molecular flexibility index (Phi) is 4.60. The molecule has 2 heterocycles. The summed E-state index contributed by atoms with van der Waals surface area (Å²) in [6.45, 7) is 0. The highest BCUT2D eigenvalue weighted by molar-refractivity contribution is 5.94. The van der Waals surface area contributed by atoms with Gasteiger partial charge in [0.2, 0.25) is 0 Å². The van der Waals surface area contributed by atoms with E-state index in [1.807, 2.05) is 53.2 Å². The van der Waals surface area contributed by atoms with Crippen LogP contribution < -0.4 is 5.32 Å². The number of fused-ring (bicyclic) bond motifs is 1. The molecule has 0 aliphatic heterocycles. The Hall–Kier alpha value is -3.41. The number of nitrogens with zero attached hydrogens (tertiary/aromatic N) is 3. The van der Waals surface area contributed by atoms with E-state index in [0.717, 1.165) is 48.2 Å². The first-order chi connectivity index (χ1) is 14.3. The van der Waals surface area contributed by atoms with Gasteiger partial charge in [0, 0.05) is 35.6 Å². The molecule has 2 N–H and O–H groups in total. The van der Waals surface area contributed by atoms with Crippen LogP contribution in [0.4, 0.5) is 0 Å². The summed E-state index contributed by atoms with van der Waals surface area (Å²) < 4.78 is 1.92. The van der Waals surface area contributed by atoms with Crippen LogP contribution >= 0.6 is 0 Å². The van der Waals surface area contributed by atoms with E-state index in [2.05, 4.69) is 21.4 Å². The van der Waals surface area contributed by atoms with Crippen LogP contribution in [-0.4, -0.2) is 31.5 Å². The highest BCUT2D eigenvalue weighted by Crippen LogP contribution is 2.32. The lowest BCUT2D eigenvalue weighted by Crippen LogP contribution is -2.38. The summed E-state index contributed by atoms with van der Waals surface area (Å²) in [5.41, 5.74) is 3.75. The van der Waals surface area contributed by atoms with Crippen molar-refractivity contribution in [3.8, 4) is 5.69 Å². The summed E-state index contributed by atoms with van der Waals surface area (Å²) in [7, 11) is 0. The zero-order chi connectivity index (χ0) is 19.6. The minimum Gasteiger partial charge on any atom is -0.349 e. The van der Waals surface area contributed by atoms with Crippen molar-refractivity contribution < 1.29 is 4.79 Å². The van der Waals surface area contributed by atoms with Crippen LogP contribution in [0.5, 0.6) is 0 Å². The second-order valence-electron chi connectivity index (χ2n) is 7.69. The van der Waals surface area contributed by atoms with Crippen LogP contribution in [0.1, 0.15) is 47.8 Å². The Morgan fingerprint density at radius 1 is 1.10 bits per heavy atom. The highest BCUT2D eigenvalue weighted by Gasteiger charge is 2.26. The van der Waals surface area contributed by atoms with E-state index in [-0.39, 0.29) is 11.9 Å². The summed E-state index contributed by atoms with van der Waals surface area (Å²) in [5, 5.41) is 3.22. The molecule has 0 radical (unpaired) electrons. The number of carbonyl (C=O) groups is 1. The number of carbonyl (C=O) groups excluding carboxylic acids is 1. The topological polar surface area (TPSA) is 75.6 Å². The van der Waals surface area contributed by atoms with Crippen LogP contribution in [-0.2, 0) is 0 Å². The molecule has 2 aromatic heterocycles. The molecule has 6 heteroatoms. The first-order valence-corrected chi connectivity index (χ1v) is 10.1. The van der Waals surface area contributed by atoms with Gasteiger partial charge in [0.15, 0.2) is 0 Å². The lowest BCUT2D eigenvalue weighted by atomic mass is 9.85. The molecule has 1 aliphatic carbocycles. The lowest BCUT2D eigenvalue weighted by molar-refractivity contribution is 0.0924. The maximum absolute atomic E-state index is 12.7. The molecule has 0 spiro atoms. The molecule has 5 rings (SSSR count). The van der Waals surface area contributed by atoms with E-state index < -0.39 is 0 Å².